The molecule has 276 valence electrons. The van der Waals surface area contributed by atoms with Crippen molar-refractivity contribution >= 4 is 19.8 Å². The lowest BCUT2D eigenvalue weighted by Crippen LogP contribution is -2.29. The van der Waals surface area contributed by atoms with Crippen LogP contribution in [0.25, 0.3) is 0 Å². The molecule has 0 rings (SSSR count). The van der Waals surface area contributed by atoms with E-state index in [1.54, 1.807) is 0 Å². The molecule has 8 nitrogen and oxygen atoms in total. The molecule has 0 fully saturated rings. The van der Waals surface area contributed by atoms with Crippen LogP contribution < -0.4 is 0 Å². The SMILES string of the molecule is CCCCCC/C=C\CCCCCCCC(=O)OC[C@H](COP(=O)(O)OCCC)OC(=O)CCCCCCC/C=C\CCCCCC. The van der Waals surface area contributed by atoms with Crippen LogP contribution in [0.2, 0.25) is 0 Å². The molecular weight excluding hydrogens is 615 g/mol. The van der Waals surface area contributed by atoms with Gasteiger partial charge in [0.15, 0.2) is 6.10 Å². The Bertz CT molecular complexity index is 829. The van der Waals surface area contributed by atoms with Crippen LogP contribution in [0, 0.1) is 0 Å². The summed E-state index contributed by atoms with van der Waals surface area (Å²) < 4.78 is 32.9. The first kappa shape index (κ1) is 45.5. The molecule has 0 aromatic rings. The first-order valence-electron chi connectivity index (χ1n) is 19.1. The van der Waals surface area contributed by atoms with Gasteiger partial charge in [0.25, 0.3) is 0 Å². The Kier molecular flexibility index (Phi) is 33.3. The maximum Gasteiger partial charge on any atom is 0.472 e. The molecule has 0 aliphatic rings. The fourth-order valence-electron chi connectivity index (χ4n) is 5.01. The summed E-state index contributed by atoms with van der Waals surface area (Å²) in [5.41, 5.74) is 0. The standard InChI is InChI=1S/C38H71O8P/c1-4-7-9-11-13-15-17-19-21-23-25-27-29-31-37(39)43-34-36(35-45-47(41,42)44-33-6-3)46-38(40)32-30-28-26-24-22-20-18-16-14-12-10-8-5-2/h15-18,36H,4-14,19-35H2,1-3H3,(H,41,42)/b17-15-,18-16-/t36-/m1/s1. The van der Waals surface area contributed by atoms with Crippen LogP contribution in [0.3, 0.4) is 0 Å². The lowest BCUT2D eigenvalue weighted by Gasteiger charge is -2.20. The van der Waals surface area contributed by atoms with E-state index in [9.17, 15) is 19.0 Å². The molecule has 1 unspecified atom stereocenters. The average molecular weight is 687 g/mol. The van der Waals surface area contributed by atoms with E-state index in [2.05, 4.69) is 38.2 Å². The number of phosphoric ester groups is 1. The fraction of sp³-hybridized carbons (Fsp3) is 0.842. The van der Waals surface area contributed by atoms with Gasteiger partial charge in [0, 0.05) is 12.8 Å². The summed E-state index contributed by atoms with van der Waals surface area (Å²) in [5, 5.41) is 0. The molecule has 47 heavy (non-hydrogen) atoms. The zero-order valence-corrected chi connectivity index (χ0v) is 31.3. The van der Waals surface area contributed by atoms with E-state index in [4.69, 9.17) is 18.5 Å². The average Bonchev–Trinajstić information content (AvgIpc) is 3.05. The smallest absolute Gasteiger partial charge is 0.462 e. The summed E-state index contributed by atoms with van der Waals surface area (Å²) >= 11 is 0. The Labute approximate surface area is 288 Å². The highest BCUT2D eigenvalue weighted by molar-refractivity contribution is 7.47. The van der Waals surface area contributed by atoms with Crippen molar-refractivity contribution in [1.82, 2.24) is 0 Å². The number of esters is 2. The summed E-state index contributed by atoms with van der Waals surface area (Å²) in [6.45, 7) is 5.72. The monoisotopic (exact) mass is 686 g/mol. The van der Waals surface area contributed by atoms with Crippen molar-refractivity contribution in [3.05, 3.63) is 24.3 Å². The maximum absolute atomic E-state index is 12.5. The lowest BCUT2D eigenvalue weighted by atomic mass is 10.1. The summed E-state index contributed by atoms with van der Waals surface area (Å²) in [5.74, 6) is -0.813. The topological polar surface area (TPSA) is 108 Å². The van der Waals surface area contributed by atoms with Gasteiger partial charge in [0.1, 0.15) is 6.61 Å². The Balaban J connectivity index is 4.26. The Hall–Kier alpha value is -1.47. The van der Waals surface area contributed by atoms with Gasteiger partial charge in [-0.25, -0.2) is 4.57 Å². The van der Waals surface area contributed by atoms with Crippen LogP contribution in [0.5, 0.6) is 0 Å². The molecule has 0 aliphatic carbocycles. The quantitative estimate of drug-likeness (QED) is 0.0304. The second-order valence-electron chi connectivity index (χ2n) is 12.6. The first-order chi connectivity index (χ1) is 22.8. The van der Waals surface area contributed by atoms with Gasteiger partial charge >= 0.3 is 19.8 Å². The number of hydrogen-bond donors (Lipinski definition) is 1. The van der Waals surface area contributed by atoms with Crippen LogP contribution in [0.4, 0.5) is 0 Å². The number of ether oxygens (including phenoxy) is 2. The Morgan fingerprint density at radius 2 is 0.979 bits per heavy atom. The highest BCUT2D eigenvalue weighted by Crippen LogP contribution is 2.43. The van der Waals surface area contributed by atoms with Crippen molar-refractivity contribution in [3.8, 4) is 0 Å². The summed E-state index contributed by atoms with van der Waals surface area (Å²) in [6.07, 6.45) is 34.2. The van der Waals surface area contributed by atoms with E-state index in [0.29, 0.717) is 12.8 Å². The molecule has 0 bridgehead atoms. The van der Waals surface area contributed by atoms with Crippen LogP contribution in [0.15, 0.2) is 24.3 Å². The summed E-state index contributed by atoms with van der Waals surface area (Å²) in [7, 11) is -4.29. The van der Waals surface area contributed by atoms with Gasteiger partial charge in [-0.3, -0.25) is 18.6 Å². The minimum absolute atomic E-state index is 0.0678. The summed E-state index contributed by atoms with van der Waals surface area (Å²) in [4.78, 5) is 34.7. The number of allylic oxidation sites excluding steroid dienone is 4. The number of hydrogen-bond acceptors (Lipinski definition) is 7. The highest BCUT2D eigenvalue weighted by atomic mass is 31.2. The molecule has 0 saturated heterocycles. The minimum Gasteiger partial charge on any atom is -0.462 e. The molecule has 0 aromatic carbocycles. The maximum atomic E-state index is 12.5. The van der Waals surface area contributed by atoms with Crippen molar-refractivity contribution in [1.29, 1.82) is 0 Å². The van der Waals surface area contributed by atoms with Crippen LogP contribution in [-0.2, 0) is 32.7 Å². The van der Waals surface area contributed by atoms with Gasteiger partial charge in [0.05, 0.1) is 13.2 Å². The molecule has 0 amide bonds. The predicted octanol–water partition coefficient (Wildman–Crippen LogP) is 11.5. The molecule has 0 saturated carbocycles. The molecule has 0 heterocycles. The zero-order chi connectivity index (χ0) is 34.7. The number of rotatable bonds is 35. The second-order valence-corrected chi connectivity index (χ2v) is 14.1. The van der Waals surface area contributed by atoms with Gasteiger partial charge in [-0.15, -0.1) is 0 Å². The van der Waals surface area contributed by atoms with Gasteiger partial charge in [-0.1, -0.05) is 122 Å². The van der Waals surface area contributed by atoms with E-state index < -0.39 is 26.5 Å². The normalized spacial score (nSPS) is 13.7. The van der Waals surface area contributed by atoms with Crippen molar-refractivity contribution in [3.63, 3.8) is 0 Å². The van der Waals surface area contributed by atoms with Gasteiger partial charge in [-0.05, 0) is 70.6 Å². The highest BCUT2D eigenvalue weighted by Gasteiger charge is 2.25. The molecular formula is C38H71O8P. The minimum atomic E-state index is -4.29. The first-order valence-corrected chi connectivity index (χ1v) is 20.6. The molecule has 0 aromatic heterocycles. The van der Waals surface area contributed by atoms with Crippen molar-refractivity contribution in [2.24, 2.45) is 0 Å². The van der Waals surface area contributed by atoms with Gasteiger partial charge in [-0.2, -0.15) is 0 Å². The van der Waals surface area contributed by atoms with E-state index in [1.165, 1.54) is 64.2 Å². The van der Waals surface area contributed by atoms with Crippen LogP contribution in [-0.4, -0.2) is 42.8 Å². The largest absolute Gasteiger partial charge is 0.472 e. The predicted molar refractivity (Wildman–Crippen MR) is 193 cm³/mol. The molecule has 0 spiro atoms. The van der Waals surface area contributed by atoms with Crippen molar-refractivity contribution in [2.75, 3.05) is 19.8 Å². The second kappa shape index (κ2) is 34.4. The van der Waals surface area contributed by atoms with Crippen LogP contribution >= 0.6 is 7.82 Å². The van der Waals surface area contributed by atoms with E-state index in [-0.39, 0.29) is 32.0 Å². The third-order valence-corrected chi connectivity index (χ3v) is 8.88. The number of unbranched alkanes of at least 4 members (excludes halogenated alkanes) is 18. The molecule has 0 aliphatic heterocycles. The van der Waals surface area contributed by atoms with E-state index >= 15 is 0 Å². The molecule has 2 atom stereocenters. The lowest BCUT2D eigenvalue weighted by molar-refractivity contribution is -0.161. The number of phosphoric acid groups is 1. The zero-order valence-electron chi connectivity index (χ0n) is 30.4. The summed E-state index contributed by atoms with van der Waals surface area (Å²) in [6, 6.07) is 0. The molecule has 0 radical (unpaired) electrons. The third-order valence-electron chi connectivity index (χ3n) is 7.90. The van der Waals surface area contributed by atoms with Crippen LogP contribution in [0.1, 0.15) is 181 Å². The van der Waals surface area contributed by atoms with Gasteiger partial charge in [0.2, 0.25) is 0 Å². The number of carbonyl (C=O) groups excluding carboxylic acids is 2. The van der Waals surface area contributed by atoms with Crippen molar-refractivity contribution in [2.45, 2.75) is 187 Å². The number of carbonyl (C=O) groups is 2. The van der Waals surface area contributed by atoms with E-state index in [1.807, 2.05) is 6.92 Å². The Morgan fingerprint density at radius 3 is 1.45 bits per heavy atom. The fourth-order valence-corrected chi connectivity index (χ4v) is 5.86. The van der Waals surface area contributed by atoms with E-state index in [0.717, 1.165) is 70.6 Å². The molecule has 9 heteroatoms. The molecule has 1 N–H and O–H groups in total. The third kappa shape index (κ3) is 34.2. The van der Waals surface area contributed by atoms with Crippen molar-refractivity contribution < 1.29 is 37.6 Å². The Morgan fingerprint density at radius 1 is 0.553 bits per heavy atom. The van der Waals surface area contributed by atoms with Gasteiger partial charge < -0.3 is 14.4 Å².